The summed E-state index contributed by atoms with van der Waals surface area (Å²) in [5.41, 5.74) is 7.65. The molecule has 2 rings (SSSR count). The Kier molecular flexibility index (Phi) is 1.01. The van der Waals surface area contributed by atoms with E-state index in [0.717, 1.165) is 11.3 Å². The molecule has 10 heavy (non-hydrogen) atoms. The van der Waals surface area contributed by atoms with Crippen LogP contribution in [0.15, 0.2) is 29.3 Å². The van der Waals surface area contributed by atoms with Gasteiger partial charge in [-0.1, -0.05) is 18.2 Å². The minimum Gasteiger partial charge on any atom is -0.398 e. The lowest BCUT2D eigenvalue weighted by Crippen LogP contribution is -1.91. The van der Waals surface area contributed by atoms with Gasteiger partial charge < -0.3 is 5.73 Å². The standard InChI is InChI=1S/C8H8N2/c9-7-4-2-1-3-6(7)8-5-10-8/h1-5,8H,9H2. The molecule has 1 heterocycles. The van der Waals surface area contributed by atoms with Crippen molar-refractivity contribution in [1.29, 1.82) is 0 Å². The van der Waals surface area contributed by atoms with E-state index in [2.05, 4.69) is 4.99 Å². The molecule has 1 aliphatic heterocycles. The van der Waals surface area contributed by atoms with Gasteiger partial charge in [0, 0.05) is 17.5 Å². The van der Waals surface area contributed by atoms with E-state index in [1.165, 1.54) is 0 Å². The summed E-state index contributed by atoms with van der Waals surface area (Å²) in [7, 11) is 0. The Morgan fingerprint density at radius 1 is 1.30 bits per heavy atom. The Morgan fingerprint density at radius 3 is 2.60 bits per heavy atom. The maximum absolute atomic E-state index is 5.68. The molecule has 0 spiro atoms. The number of nitrogens with two attached hydrogens (primary N) is 1. The van der Waals surface area contributed by atoms with Gasteiger partial charge >= 0.3 is 0 Å². The molecule has 0 fully saturated rings. The van der Waals surface area contributed by atoms with Gasteiger partial charge in [0.2, 0.25) is 0 Å². The molecule has 0 radical (unpaired) electrons. The van der Waals surface area contributed by atoms with Gasteiger partial charge in [0.25, 0.3) is 0 Å². The summed E-state index contributed by atoms with van der Waals surface area (Å²) in [5.74, 6) is 0. The van der Waals surface area contributed by atoms with Crippen molar-refractivity contribution < 1.29 is 0 Å². The van der Waals surface area contributed by atoms with Crippen molar-refractivity contribution in [2.45, 2.75) is 6.04 Å². The molecule has 1 aromatic carbocycles. The van der Waals surface area contributed by atoms with Crippen molar-refractivity contribution in [2.24, 2.45) is 4.99 Å². The van der Waals surface area contributed by atoms with Gasteiger partial charge in [-0.2, -0.15) is 0 Å². The number of hydrogen-bond donors (Lipinski definition) is 1. The van der Waals surface area contributed by atoms with Crippen LogP contribution in [0.25, 0.3) is 0 Å². The first-order valence-electron chi connectivity index (χ1n) is 3.25. The highest BCUT2D eigenvalue weighted by Crippen LogP contribution is 2.28. The van der Waals surface area contributed by atoms with Crippen molar-refractivity contribution >= 4 is 11.9 Å². The van der Waals surface area contributed by atoms with Crippen molar-refractivity contribution in [2.75, 3.05) is 5.73 Å². The van der Waals surface area contributed by atoms with E-state index >= 15 is 0 Å². The Morgan fingerprint density at radius 2 is 2.00 bits per heavy atom. The number of benzene rings is 1. The normalized spacial score (nSPS) is 21.0. The second kappa shape index (κ2) is 1.84. The van der Waals surface area contributed by atoms with E-state index in [1.807, 2.05) is 30.5 Å². The minimum absolute atomic E-state index is 0.279. The van der Waals surface area contributed by atoms with E-state index < -0.39 is 0 Å². The van der Waals surface area contributed by atoms with Crippen molar-refractivity contribution in [3.05, 3.63) is 29.8 Å². The molecule has 2 N–H and O–H groups in total. The number of aliphatic imine (C=N–C) groups is 1. The predicted molar refractivity (Wildman–Crippen MR) is 42.1 cm³/mol. The number of hydrogen-bond acceptors (Lipinski definition) is 2. The lowest BCUT2D eigenvalue weighted by Gasteiger charge is -1.99. The van der Waals surface area contributed by atoms with Crippen LogP contribution in [0, 0.1) is 0 Å². The molecule has 2 nitrogen and oxygen atoms in total. The average Bonchev–Trinajstić information content (AvgIpc) is 2.71. The van der Waals surface area contributed by atoms with Gasteiger partial charge in [-0.15, -0.1) is 0 Å². The first-order valence-corrected chi connectivity index (χ1v) is 3.25. The maximum atomic E-state index is 5.68. The average molecular weight is 132 g/mol. The minimum atomic E-state index is 0.279. The van der Waals surface area contributed by atoms with Gasteiger partial charge in [0.15, 0.2) is 0 Å². The molecule has 1 aliphatic rings. The Balaban J connectivity index is 2.39. The zero-order valence-electron chi connectivity index (χ0n) is 5.49. The molecule has 0 aliphatic carbocycles. The zero-order valence-corrected chi connectivity index (χ0v) is 5.49. The Bertz CT molecular complexity index is 272. The van der Waals surface area contributed by atoms with Gasteiger partial charge in [0.1, 0.15) is 6.04 Å². The topological polar surface area (TPSA) is 38.4 Å². The van der Waals surface area contributed by atoms with Crippen LogP contribution in [0.5, 0.6) is 0 Å². The van der Waals surface area contributed by atoms with Crippen molar-refractivity contribution in [3.63, 3.8) is 0 Å². The number of rotatable bonds is 1. The van der Waals surface area contributed by atoms with E-state index in [1.54, 1.807) is 0 Å². The highest BCUT2D eigenvalue weighted by molar-refractivity contribution is 5.82. The highest BCUT2D eigenvalue weighted by atomic mass is 14.9. The summed E-state index contributed by atoms with van der Waals surface area (Å²) in [5, 5.41) is 0. The summed E-state index contributed by atoms with van der Waals surface area (Å²) in [6, 6.07) is 8.10. The molecule has 2 heteroatoms. The highest BCUT2D eigenvalue weighted by Gasteiger charge is 2.17. The molecule has 0 saturated carbocycles. The largest absolute Gasteiger partial charge is 0.398 e. The number of para-hydroxylation sites is 1. The van der Waals surface area contributed by atoms with Crippen LogP contribution in [-0.2, 0) is 0 Å². The second-order valence-corrected chi connectivity index (χ2v) is 2.37. The van der Waals surface area contributed by atoms with Crippen LogP contribution in [0.1, 0.15) is 11.6 Å². The number of nitrogen functional groups attached to an aromatic ring is 1. The van der Waals surface area contributed by atoms with Crippen molar-refractivity contribution in [1.82, 2.24) is 0 Å². The SMILES string of the molecule is Nc1ccccc1C1C=N1. The lowest BCUT2D eigenvalue weighted by molar-refractivity contribution is 1.14. The molecule has 50 valence electrons. The van der Waals surface area contributed by atoms with Crippen LogP contribution in [-0.4, -0.2) is 6.21 Å². The van der Waals surface area contributed by atoms with Gasteiger partial charge in [-0.3, -0.25) is 4.99 Å². The van der Waals surface area contributed by atoms with Crippen molar-refractivity contribution in [3.8, 4) is 0 Å². The van der Waals surface area contributed by atoms with Gasteiger partial charge in [0.05, 0.1) is 0 Å². The van der Waals surface area contributed by atoms with Crippen LogP contribution in [0.4, 0.5) is 5.69 Å². The van der Waals surface area contributed by atoms with Crippen LogP contribution < -0.4 is 5.73 Å². The van der Waals surface area contributed by atoms with Crippen LogP contribution in [0.3, 0.4) is 0 Å². The summed E-state index contributed by atoms with van der Waals surface area (Å²) < 4.78 is 0. The fourth-order valence-electron chi connectivity index (χ4n) is 0.984. The molecule has 1 unspecified atom stereocenters. The monoisotopic (exact) mass is 132 g/mol. The fraction of sp³-hybridized carbons (Fsp3) is 0.125. The van der Waals surface area contributed by atoms with E-state index in [0.29, 0.717) is 0 Å². The third-order valence-corrected chi connectivity index (χ3v) is 1.61. The molecule has 0 saturated heterocycles. The van der Waals surface area contributed by atoms with E-state index in [4.69, 9.17) is 5.73 Å². The molecule has 0 amide bonds. The smallest absolute Gasteiger partial charge is 0.111 e. The van der Waals surface area contributed by atoms with Gasteiger partial charge in [-0.25, -0.2) is 0 Å². The second-order valence-electron chi connectivity index (χ2n) is 2.37. The molecule has 0 bridgehead atoms. The summed E-state index contributed by atoms with van der Waals surface area (Å²) >= 11 is 0. The third-order valence-electron chi connectivity index (χ3n) is 1.61. The van der Waals surface area contributed by atoms with Gasteiger partial charge in [-0.05, 0) is 6.07 Å². The summed E-state index contributed by atoms with van der Waals surface area (Å²) in [6.45, 7) is 0. The Labute approximate surface area is 59.4 Å². The third kappa shape index (κ3) is 0.778. The number of anilines is 1. The molecular formula is C8H8N2. The van der Waals surface area contributed by atoms with Crippen LogP contribution in [0.2, 0.25) is 0 Å². The number of nitrogens with zero attached hydrogens (tertiary/aromatic N) is 1. The maximum Gasteiger partial charge on any atom is 0.111 e. The summed E-state index contributed by atoms with van der Waals surface area (Å²) in [4.78, 5) is 4.03. The first-order chi connectivity index (χ1) is 4.88. The van der Waals surface area contributed by atoms with E-state index in [-0.39, 0.29) is 6.04 Å². The fourth-order valence-corrected chi connectivity index (χ4v) is 0.984. The molecular weight excluding hydrogens is 124 g/mol. The molecule has 1 aromatic rings. The summed E-state index contributed by atoms with van der Waals surface area (Å²) in [6.07, 6.45) is 1.89. The first kappa shape index (κ1) is 5.47. The molecule has 1 atom stereocenters. The molecule has 0 aromatic heterocycles. The Hall–Kier alpha value is -1.31. The predicted octanol–water partition coefficient (Wildman–Crippen LogP) is 1.39. The van der Waals surface area contributed by atoms with Crippen LogP contribution >= 0.6 is 0 Å². The quantitative estimate of drug-likeness (QED) is 0.576. The van der Waals surface area contributed by atoms with E-state index in [9.17, 15) is 0 Å². The zero-order chi connectivity index (χ0) is 6.97. The lowest BCUT2D eigenvalue weighted by atomic mass is 10.1.